The van der Waals surface area contributed by atoms with Crippen LogP contribution < -0.4 is 0 Å². The van der Waals surface area contributed by atoms with E-state index in [1.807, 2.05) is 12.1 Å². The molecule has 3 heteroatoms. The summed E-state index contributed by atoms with van der Waals surface area (Å²) in [6, 6.07) is 5.95. The normalized spacial score (nSPS) is 12.3. The van der Waals surface area contributed by atoms with Gasteiger partial charge in [0, 0.05) is 11.0 Å². The molecule has 2 nitrogen and oxygen atoms in total. The number of aliphatic hydroxyl groups is 1. The summed E-state index contributed by atoms with van der Waals surface area (Å²) in [5.74, 6) is 0. The minimum Gasteiger partial charge on any atom is -0.392 e. The van der Waals surface area contributed by atoms with E-state index in [0.717, 1.165) is 20.8 Å². The van der Waals surface area contributed by atoms with E-state index in [1.165, 1.54) is 0 Å². The molecule has 1 N–H and O–H groups in total. The minimum absolute atomic E-state index is 0.0602. The lowest BCUT2D eigenvalue weighted by atomic mass is 9.98. The van der Waals surface area contributed by atoms with Gasteiger partial charge in [-0.1, -0.05) is 32.9 Å². The highest BCUT2D eigenvalue weighted by molar-refractivity contribution is 7.18. The van der Waals surface area contributed by atoms with Crippen LogP contribution >= 0.6 is 11.3 Å². The SMILES string of the molecule is CC(C)(C)c1nc2c(CO)cccc2s1. The lowest BCUT2D eigenvalue weighted by Gasteiger charge is -2.13. The Kier molecular flexibility index (Phi) is 2.52. The lowest BCUT2D eigenvalue weighted by molar-refractivity contribution is 0.283. The van der Waals surface area contributed by atoms with Crippen LogP contribution in [0.3, 0.4) is 0 Å². The number of rotatable bonds is 1. The highest BCUT2D eigenvalue weighted by atomic mass is 32.1. The number of aromatic nitrogens is 1. The van der Waals surface area contributed by atoms with E-state index < -0.39 is 0 Å². The number of para-hydroxylation sites is 1. The van der Waals surface area contributed by atoms with E-state index in [2.05, 4.69) is 31.8 Å². The molecule has 0 radical (unpaired) electrons. The zero-order valence-corrected chi connectivity index (χ0v) is 10.1. The van der Waals surface area contributed by atoms with Crippen LogP contribution in [0.15, 0.2) is 18.2 Å². The smallest absolute Gasteiger partial charge is 0.0992 e. The summed E-state index contributed by atoms with van der Waals surface area (Å²) >= 11 is 1.71. The summed E-state index contributed by atoms with van der Waals surface area (Å²) in [7, 11) is 0. The van der Waals surface area contributed by atoms with Gasteiger partial charge in [-0.25, -0.2) is 4.98 Å². The molecule has 0 spiro atoms. The number of nitrogens with zero attached hydrogens (tertiary/aromatic N) is 1. The fourth-order valence-corrected chi connectivity index (χ4v) is 2.53. The Labute approximate surface area is 93.6 Å². The second-order valence-corrected chi connectivity index (χ2v) is 5.72. The van der Waals surface area contributed by atoms with Gasteiger partial charge < -0.3 is 5.11 Å². The number of fused-ring (bicyclic) bond motifs is 1. The monoisotopic (exact) mass is 221 g/mol. The molecule has 0 amide bonds. The highest BCUT2D eigenvalue weighted by Crippen LogP contribution is 2.32. The van der Waals surface area contributed by atoms with Crippen LogP contribution in [0, 0.1) is 0 Å². The Morgan fingerprint density at radius 2 is 2.07 bits per heavy atom. The van der Waals surface area contributed by atoms with Crippen LogP contribution in [-0.2, 0) is 12.0 Å². The average Bonchev–Trinajstić information content (AvgIpc) is 2.59. The molecule has 15 heavy (non-hydrogen) atoms. The van der Waals surface area contributed by atoms with E-state index >= 15 is 0 Å². The molecule has 0 aliphatic rings. The van der Waals surface area contributed by atoms with E-state index in [-0.39, 0.29) is 12.0 Å². The molecule has 1 heterocycles. The number of hydrogen-bond acceptors (Lipinski definition) is 3. The third-order valence-corrected chi connectivity index (χ3v) is 3.76. The molecule has 0 saturated carbocycles. The maximum Gasteiger partial charge on any atom is 0.0992 e. The topological polar surface area (TPSA) is 33.1 Å². The van der Waals surface area contributed by atoms with Crippen molar-refractivity contribution < 1.29 is 5.11 Å². The van der Waals surface area contributed by atoms with Crippen molar-refractivity contribution in [2.75, 3.05) is 0 Å². The first-order valence-electron chi connectivity index (χ1n) is 5.02. The van der Waals surface area contributed by atoms with Crippen molar-refractivity contribution in [1.29, 1.82) is 0 Å². The summed E-state index contributed by atoms with van der Waals surface area (Å²) in [6.45, 7) is 6.53. The zero-order chi connectivity index (χ0) is 11.1. The minimum atomic E-state index is 0.0602. The largest absolute Gasteiger partial charge is 0.392 e. The van der Waals surface area contributed by atoms with Gasteiger partial charge in [0.25, 0.3) is 0 Å². The van der Waals surface area contributed by atoms with Crippen molar-refractivity contribution in [2.24, 2.45) is 0 Å². The fraction of sp³-hybridized carbons (Fsp3) is 0.417. The van der Waals surface area contributed by atoms with Gasteiger partial charge >= 0.3 is 0 Å². The molecule has 0 unspecified atom stereocenters. The number of hydrogen-bond donors (Lipinski definition) is 1. The molecule has 1 aromatic heterocycles. The Bertz CT molecular complexity index is 482. The van der Waals surface area contributed by atoms with Gasteiger partial charge in [-0.2, -0.15) is 0 Å². The van der Waals surface area contributed by atoms with Crippen LogP contribution in [-0.4, -0.2) is 10.1 Å². The molecule has 0 atom stereocenters. The van der Waals surface area contributed by atoms with Crippen molar-refractivity contribution in [3.8, 4) is 0 Å². The summed E-state index contributed by atoms with van der Waals surface area (Å²) < 4.78 is 1.16. The van der Waals surface area contributed by atoms with Crippen molar-refractivity contribution >= 4 is 21.6 Å². The van der Waals surface area contributed by atoms with Crippen molar-refractivity contribution in [1.82, 2.24) is 4.98 Å². The van der Waals surface area contributed by atoms with Crippen LogP contribution in [0.5, 0.6) is 0 Å². The molecule has 1 aromatic carbocycles. The van der Waals surface area contributed by atoms with Gasteiger partial charge in [0.2, 0.25) is 0 Å². The van der Waals surface area contributed by atoms with Gasteiger partial charge in [-0.15, -0.1) is 11.3 Å². The summed E-state index contributed by atoms with van der Waals surface area (Å²) in [4.78, 5) is 4.61. The molecule has 0 bridgehead atoms. The number of thiazole rings is 1. The van der Waals surface area contributed by atoms with Gasteiger partial charge in [-0.05, 0) is 6.07 Å². The maximum absolute atomic E-state index is 9.21. The second-order valence-electron chi connectivity index (χ2n) is 4.69. The summed E-state index contributed by atoms with van der Waals surface area (Å²) in [6.07, 6.45) is 0. The van der Waals surface area contributed by atoms with Gasteiger partial charge in [0.15, 0.2) is 0 Å². The Morgan fingerprint density at radius 3 is 2.67 bits per heavy atom. The quantitative estimate of drug-likeness (QED) is 0.802. The van der Waals surface area contributed by atoms with Crippen LogP contribution in [0.2, 0.25) is 0 Å². The standard InChI is InChI=1S/C12H15NOS/c1-12(2,3)11-13-10-8(7-14)5-4-6-9(10)15-11/h4-6,14H,7H2,1-3H3. The summed E-state index contributed by atoms with van der Waals surface area (Å²) in [5.41, 5.74) is 1.95. The predicted octanol–water partition coefficient (Wildman–Crippen LogP) is 3.09. The molecular weight excluding hydrogens is 206 g/mol. The first-order chi connectivity index (χ1) is 7.02. The molecule has 2 rings (SSSR count). The highest BCUT2D eigenvalue weighted by Gasteiger charge is 2.19. The average molecular weight is 221 g/mol. The lowest BCUT2D eigenvalue weighted by Crippen LogP contribution is -2.09. The van der Waals surface area contributed by atoms with Gasteiger partial charge in [0.05, 0.1) is 21.8 Å². The maximum atomic E-state index is 9.21. The molecule has 0 fully saturated rings. The Balaban J connectivity index is 2.65. The number of benzene rings is 1. The van der Waals surface area contributed by atoms with Gasteiger partial charge in [0.1, 0.15) is 0 Å². The van der Waals surface area contributed by atoms with Crippen LogP contribution in [0.1, 0.15) is 31.3 Å². The van der Waals surface area contributed by atoms with Crippen LogP contribution in [0.4, 0.5) is 0 Å². The molecule has 0 saturated heterocycles. The molecule has 80 valence electrons. The molecule has 0 aliphatic carbocycles. The van der Waals surface area contributed by atoms with Gasteiger partial charge in [-0.3, -0.25) is 0 Å². The molecule has 0 aliphatic heterocycles. The third kappa shape index (κ3) is 1.90. The van der Waals surface area contributed by atoms with Crippen molar-refractivity contribution in [3.63, 3.8) is 0 Å². The van der Waals surface area contributed by atoms with E-state index in [1.54, 1.807) is 11.3 Å². The van der Waals surface area contributed by atoms with Crippen molar-refractivity contribution in [3.05, 3.63) is 28.8 Å². The molecule has 2 aromatic rings. The third-order valence-electron chi connectivity index (χ3n) is 2.31. The Morgan fingerprint density at radius 1 is 1.33 bits per heavy atom. The fourth-order valence-electron chi connectivity index (χ4n) is 1.45. The first-order valence-corrected chi connectivity index (χ1v) is 5.84. The zero-order valence-electron chi connectivity index (χ0n) is 9.24. The predicted molar refractivity (Wildman–Crippen MR) is 64.2 cm³/mol. The second kappa shape index (κ2) is 3.58. The van der Waals surface area contributed by atoms with E-state index in [4.69, 9.17) is 0 Å². The molecular formula is C12H15NOS. The Hall–Kier alpha value is -0.930. The van der Waals surface area contributed by atoms with Crippen molar-refractivity contribution in [2.45, 2.75) is 32.8 Å². The van der Waals surface area contributed by atoms with Crippen LogP contribution in [0.25, 0.3) is 10.2 Å². The number of aliphatic hydroxyl groups excluding tert-OH is 1. The summed E-state index contributed by atoms with van der Waals surface area (Å²) in [5, 5.41) is 10.3. The van der Waals surface area contributed by atoms with E-state index in [9.17, 15) is 5.11 Å². The first kappa shape index (κ1) is 10.6. The van der Waals surface area contributed by atoms with E-state index in [0.29, 0.717) is 0 Å².